The number of carbonyl (C=O) groups is 1. The van der Waals surface area contributed by atoms with Gasteiger partial charge in [-0.2, -0.15) is 4.31 Å². The molecule has 2 aromatic carbocycles. The summed E-state index contributed by atoms with van der Waals surface area (Å²) in [5.41, 5.74) is 4.51. The maximum atomic E-state index is 13.4. The van der Waals surface area contributed by atoms with Crippen molar-refractivity contribution >= 4 is 27.5 Å². The molecule has 0 aliphatic carbocycles. The summed E-state index contributed by atoms with van der Waals surface area (Å²) in [5.74, 6) is -0.220. The Morgan fingerprint density at radius 2 is 1.67 bits per heavy atom. The minimum atomic E-state index is -3.59. The molecular weight excluding hydrogens is 420 g/mol. The maximum Gasteiger partial charge on any atom is 0.243 e. The van der Waals surface area contributed by atoms with E-state index in [-0.39, 0.29) is 11.8 Å². The molecular formula is C23H29ClN2O3S. The zero-order valence-corrected chi connectivity index (χ0v) is 19.5. The van der Waals surface area contributed by atoms with Gasteiger partial charge < -0.3 is 5.32 Å². The van der Waals surface area contributed by atoms with Crippen LogP contribution >= 0.6 is 11.6 Å². The number of carbonyl (C=O) groups excluding carboxylic acids is 1. The number of hydrogen-bond acceptors (Lipinski definition) is 3. The first-order valence-electron chi connectivity index (χ1n) is 10.2. The molecule has 30 heavy (non-hydrogen) atoms. The van der Waals surface area contributed by atoms with Gasteiger partial charge in [-0.25, -0.2) is 8.42 Å². The monoisotopic (exact) mass is 448 g/mol. The van der Waals surface area contributed by atoms with Crippen molar-refractivity contribution in [3.8, 4) is 0 Å². The normalized spacial score (nSPS) is 15.9. The molecule has 0 spiro atoms. The number of halogens is 1. The van der Waals surface area contributed by atoms with E-state index >= 15 is 0 Å². The van der Waals surface area contributed by atoms with Gasteiger partial charge in [-0.05, 0) is 80.5 Å². The zero-order chi connectivity index (χ0) is 22.1. The molecule has 0 unspecified atom stereocenters. The lowest BCUT2D eigenvalue weighted by atomic mass is 9.97. The Labute approximate surface area is 184 Å². The lowest BCUT2D eigenvalue weighted by Crippen LogP contribution is -2.43. The molecule has 1 fully saturated rings. The summed E-state index contributed by atoms with van der Waals surface area (Å²) < 4.78 is 28.3. The highest BCUT2D eigenvalue weighted by Crippen LogP contribution is 2.31. The molecule has 1 aliphatic heterocycles. The number of aryl methyl sites for hydroxylation is 2. The van der Waals surface area contributed by atoms with Gasteiger partial charge in [0.15, 0.2) is 0 Å². The van der Waals surface area contributed by atoms with Gasteiger partial charge in [0, 0.05) is 30.6 Å². The van der Waals surface area contributed by atoms with Gasteiger partial charge >= 0.3 is 0 Å². The third-order valence-corrected chi connectivity index (χ3v) is 8.48. The van der Waals surface area contributed by atoms with Crippen LogP contribution in [0.25, 0.3) is 0 Å². The predicted octanol–water partition coefficient (Wildman–Crippen LogP) is 4.29. The average Bonchev–Trinajstić information content (AvgIpc) is 2.71. The number of hydrogen-bond donors (Lipinski definition) is 1. The summed E-state index contributed by atoms with van der Waals surface area (Å²) in [6, 6.07) is 9.41. The van der Waals surface area contributed by atoms with E-state index in [9.17, 15) is 13.2 Å². The molecule has 7 heteroatoms. The molecule has 0 atom stereocenters. The third kappa shape index (κ3) is 4.71. The van der Waals surface area contributed by atoms with Crippen molar-refractivity contribution in [3.63, 3.8) is 0 Å². The second-order valence-electron chi connectivity index (χ2n) is 8.12. The Kier molecular flexibility index (Phi) is 6.90. The van der Waals surface area contributed by atoms with Crippen LogP contribution < -0.4 is 5.32 Å². The van der Waals surface area contributed by atoms with Gasteiger partial charge in [-0.15, -0.1) is 0 Å². The fourth-order valence-electron chi connectivity index (χ4n) is 4.04. The standard InChI is InChI=1S/C23H29ClN2O3S/c1-15-12-16(2)18(4)22(17(15)3)30(28,29)26-10-8-20(9-11-26)23(27)25-14-19-6-5-7-21(24)13-19/h5-7,12-13,20H,8-11,14H2,1-4H3,(H,25,27). The van der Waals surface area contributed by atoms with E-state index < -0.39 is 10.0 Å². The van der Waals surface area contributed by atoms with E-state index in [4.69, 9.17) is 11.6 Å². The highest BCUT2D eigenvalue weighted by atomic mass is 35.5. The molecule has 5 nitrogen and oxygen atoms in total. The summed E-state index contributed by atoms with van der Waals surface area (Å²) in [6.45, 7) is 8.73. The number of amides is 1. The van der Waals surface area contributed by atoms with Crippen LogP contribution in [0.4, 0.5) is 0 Å². The summed E-state index contributed by atoms with van der Waals surface area (Å²) in [7, 11) is -3.59. The quantitative estimate of drug-likeness (QED) is 0.741. The highest BCUT2D eigenvalue weighted by molar-refractivity contribution is 7.89. The molecule has 3 rings (SSSR count). The minimum Gasteiger partial charge on any atom is -0.352 e. The fraction of sp³-hybridized carbons (Fsp3) is 0.435. The second-order valence-corrected chi connectivity index (χ2v) is 10.4. The molecule has 0 bridgehead atoms. The molecule has 1 N–H and O–H groups in total. The Morgan fingerprint density at radius 1 is 1.07 bits per heavy atom. The van der Waals surface area contributed by atoms with Crippen LogP contribution in [0.5, 0.6) is 0 Å². The van der Waals surface area contributed by atoms with E-state index in [1.54, 1.807) is 6.07 Å². The molecule has 0 saturated carbocycles. The van der Waals surface area contributed by atoms with Crippen molar-refractivity contribution in [1.82, 2.24) is 9.62 Å². The van der Waals surface area contributed by atoms with Crippen LogP contribution in [0.15, 0.2) is 35.2 Å². The SMILES string of the molecule is Cc1cc(C)c(C)c(S(=O)(=O)N2CCC(C(=O)NCc3cccc(Cl)c3)CC2)c1C. The van der Waals surface area contributed by atoms with E-state index in [0.717, 1.165) is 27.8 Å². The van der Waals surface area contributed by atoms with Crippen molar-refractivity contribution in [2.24, 2.45) is 5.92 Å². The number of sulfonamides is 1. The molecule has 1 saturated heterocycles. The van der Waals surface area contributed by atoms with Gasteiger partial charge in [0.2, 0.25) is 15.9 Å². The molecule has 1 heterocycles. The van der Waals surface area contributed by atoms with E-state index in [0.29, 0.717) is 42.4 Å². The van der Waals surface area contributed by atoms with Crippen LogP contribution in [-0.4, -0.2) is 31.7 Å². The average molecular weight is 449 g/mol. The molecule has 2 aromatic rings. The van der Waals surface area contributed by atoms with Gasteiger partial charge in [-0.3, -0.25) is 4.79 Å². The minimum absolute atomic E-state index is 0.0363. The third-order valence-electron chi connectivity index (χ3n) is 6.08. The summed E-state index contributed by atoms with van der Waals surface area (Å²) in [4.78, 5) is 13.0. The van der Waals surface area contributed by atoms with Gasteiger partial charge in [0.1, 0.15) is 0 Å². The van der Waals surface area contributed by atoms with Gasteiger partial charge in [-0.1, -0.05) is 29.8 Å². The topological polar surface area (TPSA) is 66.5 Å². The Balaban J connectivity index is 1.66. The van der Waals surface area contributed by atoms with Gasteiger partial charge in [0.25, 0.3) is 0 Å². The Morgan fingerprint density at radius 3 is 2.23 bits per heavy atom. The second kappa shape index (κ2) is 9.08. The number of piperidine rings is 1. The first-order chi connectivity index (χ1) is 14.1. The van der Waals surface area contributed by atoms with Crippen LogP contribution in [0.1, 0.15) is 40.7 Å². The molecule has 1 amide bonds. The maximum absolute atomic E-state index is 13.4. The summed E-state index contributed by atoms with van der Waals surface area (Å²) in [5, 5.41) is 3.59. The number of nitrogens with one attached hydrogen (secondary N) is 1. The van der Waals surface area contributed by atoms with E-state index in [1.165, 1.54) is 4.31 Å². The number of rotatable bonds is 5. The van der Waals surface area contributed by atoms with Crippen LogP contribution in [0.2, 0.25) is 5.02 Å². The molecule has 162 valence electrons. The van der Waals surface area contributed by atoms with Crippen molar-refractivity contribution in [2.75, 3.05) is 13.1 Å². The van der Waals surface area contributed by atoms with Crippen LogP contribution in [0, 0.1) is 33.6 Å². The van der Waals surface area contributed by atoms with Gasteiger partial charge in [0.05, 0.1) is 4.90 Å². The molecule has 1 aliphatic rings. The predicted molar refractivity (Wildman–Crippen MR) is 120 cm³/mol. The van der Waals surface area contributed by atoms with Crippen molar-refractivity contribution < 1.29 is 13.2 Å². The highest BCUT2D eigenvalue weighted by Gasteiger charge is 2.34. The van der Waals surface area contributed by atoms with Crippen molar-refractivity contribution in [1.29, 1.82) is 0 Å². The van der Waals surface area contributed by atoms with E-state index in [1.807, 2.05) is 52.0 Å². The van der Waals surface area contributed by atoms with Crippen molar-refractivity contribution in [2.45, 2.75) is 52.0 Å². The van der Waals surface area contributed by atoms with Crippen molar-refractivity contribution in [3.05, 3.63) is 63.2 Å². The van der Waals surface area contributed by atoms with Crippen LogP contribution in [0.3, 0.4) is 0 Å². The zero-order valence-electron chi connectivity index (χ0n) is 18.0. The van der Waals surface area contributed by atoms with Crippen LogP contribution in [-0.2, 0) is 21.4 Å². The molecule has 0 radical (unpaired) electrons. The number of benzene rings is 2. The first kappa shape index (κ1) is 22.8. The smallest absolute Gasteiger partial charge is 0.243 e. The first-order valence-corrected chi connectivity index (χ1v) is 12.0. The molecule has 0 aromatic heterocycles. The summed E-state index contributed by atoms with van der Waals surface area (Å²) >= 11 is 5.98. The fourth-order valence-corrected chi connectivity index (χ4v) is 6.29. The lowest BCUT2D eigenvalue weighted by molar-refractivity contribution is -0.126. The largest absolute Gasteiger partial charge is 0.352 e. The lowest BCUT2D eigenvalue weighted by Gasteiger charge is -2.31. The Hall–Kier alpha value is -1.89. The number of nitrogens with zero attached hydrogens (tertiary/aromatic N) is 1. The van der Waals surface area contributed by atoms with E-state index in [2.05, 4.69) is 5.32 Å². The summed E-state index contributed by atoms with van der Waals surface area (Å²) in [6.07, 6.45) is 1.03. The Bertz CT molecular complexity index is 1030.